The third-order valence-corrected chi connectivity index (χ3v) is 3.84. The summed E-state index contributed by atoms with van der Waals surface area (Å²) in [5, 5.41) is 36.8. The number of rotatable bonds is 9. The van der Waals surface area contributed by atoms with Crippen LogP contribution in [0.25, 0.3) is 0 Å². The van der Waals surface area contributed by atoms with Crippen LogP contribution in [0.1, 0.15) is 13.3 Å². The van der Waals surface area contributed by atoms with Crippen molar-refractivity contribution in [1.82, 2.24) is 4.90 Å². The zero-order chi connectivity index (χ0) is 14.4. The van der Waals surface area contributed by atoms with Crippen LogP contribution >= 0.6 is 0 Å². The SMILES string of the molecule is CCC(CO)(CO)N(CCO)CC(O)S(=O)(=O)O. The molecule has 110 valence electrons. The van der Waals surface area contributed by atoms with Crippen LogP contribution in [0.5, 0.6) is 0 Å². The molecule has 1 atom stereocenters. The van der Waals surface area contributed by atoms with Crippen LogP contribution in [0, 0.1) is 0 Å². The summed E-state index contributed by atoms with van der Waals surface area (Å²) in [6, 6.07) is 0. The summed E-state index contributed by atoms with van der Waals surface area (Å²) in [4.78, 5) is 1.24. The molecule has 0 saturated carbocycles. The highest BCUT2D eigenvalue weighted by Crippen LogP contribution is 2.20. The lowest BCUT2D eigenvalue weighted by Crippen LogP contribution is -2.57. The minimum Gasteiger partial charge on any atom is -0.395 e. The Hall–Kier alpha value is -0.290. The zero-order valence-electron chi connectivity index (χ0n) is 10.2. The normalized spacial score (nSPS) is 15.1. The van der Waals surface area contributed by atoms with E-state index in [2.05, 4.69) is 0 Å². The van der Waals surface area contributed by atoms with Gasteiger partial charge < -0.3 is 20.4 Å². The maximum Gasteiger partial charge on any atom is 0.293 e. The lowest BCUT2D eigenvalue weighted by atomic mass is 9.95. The van der Waals surface area contributed by atoms with Gasteiger partial charge in [0.25, 0.3) is 10.1 Å². The van der Waals surface area contributed by atoms with Crippen LogP contribution in [0.15, 0.2) is 0 Å². The van der Waals surface area contributed by atoms with Gasteiger partial charge in [0.05, 0.1) is 25.4 Å². The number of β-amino-alcohol motifs (C(OH)–C–C–N with tert-alkyl or cyclic N) is 2. The van der Waals surface area contributed by atoms with Gasteiger partial charge in [0.15, 0.2) is 5.44 Å². The Morgan fingerprint density at radius 1 is 1.22 bits per heavy atom. The van der Waals surface area contributed by atoms with Gasteiger partial charge in [-0.3, -0.25) is 9.45 Å². The number of hydrogen-bond acceptors (Lipinski definition) is 7. The molecule has 0 radical (unpaired) electrons. The van der Waals surface area contributed by atoms with Gasteiger partial charge >= 0.3 is 0 Å². The molecule has 0 aromatic rings. The standard InChI is InChI=1S/C9H21NO7S/c1-2-9(6-12,7-13)10(3-4-11)5-8(14)18(15,16)17/h8,11-14H,2-7H2,1H3,(H,15,16,17). The van der Waals surface area contributed by atoms with Crippen LogP contribution in [0.2, 0.25) is 0 Å². The van der Waals surface area contributed by atoms with Gasteiger partial charge in [0.2, 0.25) is 0 Å². The topological polar surface area (TPSA) is 139 Å². The summed E-state index contributed by atoms with van der Waals surface area (Å²) < 4.78 is 30.2. The molecule has 0 heterocycles. The van der Waals surface area contributed by atoms with E-state index in [4.69, 9.17) is 9.66 Å². The van der Waals surface area contributed by atoms with Gasteiger partial charge in [0.1, 0.15) is 0 Å². The molecule has 0 fully saturated rings. The van der Waals surface area contributed by atoms with E-state index < -0.39 is 40.9 Å². The van der Waals surface area contributed by atoms with Gasteiger partial charge in [-0.05, 0) is 6.42 Å². The van der Waals surface area contributed by atoms with Crippen molar-refractivity contribution in [3.05, 3.63) is 0 Å². The fraction of sp³-hybridized carbons (Fsp3) is 1.00. The third kappa shape index (κ3) is 4.43. The molecule has 0 amide bonds. The zero-order valence-corrected chi connectivity index (χ0v) is 11.0. The summed E-state index contributed by atoms with van der Waals surface area (Å²) in [6.45, 7) is -0.205. The molecule has 0 aliphatic carbocycles. The number of nitrogens with zero attached hydrogens (tertiary/aromatic N) is 1. The Morgan fingerprint density at radius 2 is 1.72 bits per heavy atom. The molecule has 0 aromatic carbocycles. The molecule has 8 nitrogen and oxygen atoms in total. The van der Waals surface area contributed by atoms with Crippen LogP contribution in [0.4, 0.5) is 0 Å². The van der Waals surface area contributed by atoms with Crippen LogP contribution in [0.3, 0.4) is 0 Å². The van der Waals surface area contributed by atoms with E-state index in [0.29, 0.717) is 0 Å². The Bertz CT molecular complexity index is 320. The molecular weight excluding hydrogens is 266 g/mol. The van der Waals surface area contributed by atoms with Crippen molar-refractivity contribution in [2.75, 3.05) is 32.9 Å². The predicted octanol–water partition coefficient (Wildman–Crippen LogP) is -2.38. The largest absolute Gasteiger partial charge is 0.395 e. The first kappa shape index (κ1) is 17.7. The Morgan fingerprint density at radius 3 is 2.00 bits per heavy atom. The van der Waals surface area contributed by atoms with E-state index in [1.165, 1.54) is 4.90 Å². The van der Waals surface area contributed by atoms with Crippen molar-refractivity contribution in [2.24, 2.45) is 0 Å². The Balaban J connectivity index is 5.06. The van der Waals surface area contributed by atoms with E-state index in [-0.39, 0.29) is 19.6 Å². The first-order chi connectivity index (χ1) is 8.27. The van der Waals surface area contributed by atoms with Gasteiger partial charge in [-0.25, -0.2) is 0 Å². The highest BCUT2D eigenvalue weighted by molar-refractivity contribution is 7.86. The van der Waals surface area contributed by atoms with Crippen molar-refractivity contribution in [2.45, 2.75) is 24.3 Å². The third-order valence-electron chi connectivity index (χ3n) is 3.01. The number of hydrogen-bond donors (Lipinski definition) is 5. The first-order valence-electron chi connectivity index (χ1n) is 5.49. The molecule has 0 aromatic heterocycles. The molecular formula is C9H21NO7S. The van der Waals surface area contributed by atoms with Gasteiger partial charge in [-0.1, -0.05) is 6.92 Å². The molecule has 0 spiro atoms. The molecule has 0 aliphatic rings. The van der Waals surface area contributed by atoms with Crippen molar-refractivity contribution in [3.63, 3.8) is 0 Å². The highest BCUT2D eigenvalue weighted by Gasteiger charge is 2.36. The van der Waals surface area contributed by atoms with E-state index >= 15 is 0 Å². The summed E-state index contributed by atoms with van der Waals surface area (Å²) >= 11 is 0. The minimum absolute atomic E-state index is 0.0540. The second kappa shape index (κ2) is 7.34. The maximum absolute atomic E-state index is 10.8. The van der Waals surface area contributed by atoms with E-state index in [1.54, 1.807) is 6.92 Å². The second-order valence-corrected chi connectivity index (χ2v) is 5.61. The molecule has 5 N–H and O–H groups in total. The van der Waals surface area contributed by atoms with Crippen molar-refractivity contribution >= 4 is 10.1 Å². The highest BCUT2D eigenvalue weighted by atomic mass is 32.2. The van der Waals surface area contributed by atoms with Crippen LogP contribution in [-0.4, -0.2) is 82.2 Å². The summed E-state index contributed by atoms with van der Waals surface area (Å²) in [7, 11) is -4.63. The molecule has 0 bridgehead atoms. The molecule has 18 heavy (non-hydrogen) atoms. The van der Waals surface area contributed by atoms with E-state index in [0.717, 1.165) is 0 Å². The van der Waals surface area contributed by atoms with Gasteiger partial charge in [0, 0.05) is 13.1 Å². The molecule has 1 unspecified atom stereocenters. The summed E-state index contributed by atoms with van der Waals surface area (Å²) in [5.74, 6) is 0. The van der Waals surface area contributed by atoms with E-state index in [1.807, 2.05) is 0 Å². The lowest BCUT2D eigenvalue weighted by Gasteiger charge is -2.41. The summed E-state index contributed by atoms with van der Waals surface area (Å²) in [5.41, 5.74) is -3.22. The predicted molar refractivity (Wildman–Crippen MR) is 63.4 cm³/mol. The van der Waals surface area contributed by atoms with Crippen molar-refractivity contribution < 1.29 is 33.4 Å². The quantitative estimate of drug-likeness (QED) is 0.296. The fourth-order valence-corrected chi connectivity index (χ4v) is 1.99. The van der Waals surface area contributed by atoms with Crippen molar-refractivity contribution in [3.8, 4) is 0 Å². The molecule has 9 heteroatoms. The van der Waals surface area contributed by atoms with Crippen LogP contribution < -0.4 is 0 Å². The average molecular weight is 287 g/mol. The van der Waals surface area contributed by atoms with Crippen molar-refractivity contribution in [1.29, 1.82) is 0 Å². The van der Waals surface area contributed by atoms with Gasteiger partial charge in [-0.15, -0.1) is 0 Å². The number of aliphatic hydroxyl groups is 4. The number of aliphatic hydroxyl groups excluding tert-OH is 4. The Labute approximate surface area is 106 Å². The smallest absolute Gasteiger partial charge is 0.293 e. The molecule has 0 saturated heterocycles. The maximum atomic E-state index is 10.8. The molecule has 0 rings (SSSR count). The molecule has 0 aliphatic heterocycles. The first-order valence-corrected chi connectivity index (χ1v) is 6.99. The second-order valence-electron chi connectivity index (χ2n) is 4.03. The average Bonchev–Trinajstić information content (AvgIpc) is 2.31. The Kier molecular flexibility index (Phi) is 7.22. The monoisotopic (exact) mass is 287 g/mol. The fourth-order valence-electron chi connectivity index (χ4n) is 1.62. The van der Waals surface area contributed by atoms with E-state index in [9.17, 15) is 23.7 Å². The summed E-state index contributed by atoms with van der Waals surface area (Å²) in [6.07, 6.45) is 0.276. The lowest BCUT2D eigenvalue weighted by molar-refractivity contribution is -0.0349. The van der Waals surface area contributed by atoms with Gasteiger partial charge in [-0.2, -0.15) is 8.42 Å². The van der Waals surface area contributed by atoms with Crippen LogP contribution in [-0.2, 0) is 10.1 Å². The minimum atomic E-state index is -4.63.